The van der Waals surface area contributed by atoms with E-state index in [0.717, 1.165) is 23.8 Å². The van der Waals surface area contributed by atoms with Gasteiger partial charge in [-0.15, -0.1) is 0 Å². The Morgan fingerprint density at radius 1 is 0.727 bits per heavy atom. The van der Waals surface area contributed by atoms with Gasteiger partial charge in [-0.05, 0) is 72.8 Å². The van der Waals surface area contributed by atoms with Crippen LogP contribution in [0.15, 0.2) is 48.5 Å². The van der Waals surface area contributed by atoms with Crippen molar-refractivity contribution in [1.29, 1.82) is 0 Å². The molecule has 0 heterocycles. The number of benzene rings is 2. The molecule has 0 spiro atoms. The summed E-state index contributed by atoms with van der Waals surface area (Å²) in [5, 5.41) is 0. The van der Waals surface area contributed by atoms with Gasteiger partial charge in [0.25, 0.3) is 0 Å². The van der Waals surface area contributed by atoms with Crippen molar-refractivity contribution < 1.29 is 9.53 Å². The molecule has 1 aliphatic rings. The van der Waals surface area contributed by atoms with Crippen molar-refractivity contribution in [2.75, 3.05) is 0 Å². The number of carbonyl (C=O) groups excluding carboxylic acids is 1. The number of rotatable bonds is 13. The molecule has 3 rings (SSSR count). The van der Waals surface area contributed by atoms with Gasteiger partial charge in [-0.25, -0.2) is 0 Å². The summed E-state index contributed by atoms with van der Waals surface area (Å²) in [5.41, 5.74) is 3.88. The summed E-state index contributed by atoms with van der Waals surface area (Å²) in [6, 6.07) is 17.0. The highest BCUT2D eigenvalue weighted by Gasteiger charge is 2.22. The van der Waals surface area contributed by atoms with E-state index >= 15 is 0 Å². The predicted octanol–water partition coefficient (Wildman–Crippen LogP) is 9.47. The van der Waals surface area contributed by atoms with Crippen LogP contribution in [-0.2, 0) is 4.79 Å². The third-order valence-electron chi connectivity index (χ3n) is 7.32. The number of hydrogen-bond donors (Lipinski definition) is 0. The van der Waals surface area contributed by atoms with Crippen molar-refractivity contribution in [3.05, 3.63) is 54.1 Å². The van der Waals surface area contributed by atoms with Crippen molar-refractivity contribution in [1.82, 2.24) is 0 Å². The Bertz CT molecular complexity index is 798. The van der Waals surface area contributed by atoms with Crippen molar-refractivity contribution >= 4 is 5.97 Å². The molecule has 0 radical (unpaired) electrons. The zero-order valence-corrected chi connectivity index (χ0v) is 21.0. The third kappa shape index (κ3) is 8.65. The highest BCUT2D eigenvalue weighted by molar-refractivity contribution is 5.73. The number of esters is 1. The summed E-state index contributed by atoms with van der Waals surface area (Å²) in [4.78, 5) is 11.7. The van der Waals surface area contributed by atoms with Crippen LogP contribution < -0.4 is 4.74 Å². The van der Waals surface area contributed by atoms with Crippen LogP contribution in [0, 0.1) is 5.92 Å². The van der Waals surface area contributed by atoms with Crippen molar-refractivity contribution in [2.45, 2.75) is 110 Å². The minimum Gasteiger partial charge on any atom is -0.427 e. The molecule has 33 heavy (non-hydrogen) atoms. The van der Waals surface area contributed by atoms with E-state index in [1.165, 1.54) is 88.2 Å². The van der Waals surface area contributed by atoms with Gasteiger partial charge in [0.15, 0.2) is 0 Å². The molecule has 0 aromatic heterocycles. The average Bonchev–Trinajstić information content (AvgIpc) is 2.85. The summed E-state index contributed by atoms with van der Waals surface area (Å²) in [7, 11) is 0. The molecule has 0 amide bonds. The normalized spacial score (nSPS) is 18.2. The first kappa shape index (κ1) is 25.5. The smallest absolute Gasteiger partial charge is 0.311 e. The van der Waals surface area contributed by atoms with Gasteiger partial charge in [0.2, 0.25) is 0 Å². The molecule has 0 unspecified atom stereocenters. The molecule has 1 fully saturated rings. The van der Waals surface area contributed by atoms with Crippen LogP contribution in [0.3, 0.4) is 0 Å². The number of hydrogen-bond acceptors (Lipinski definition) is 2. The molecule has 0 bridgehead atoms. The fourth-order valence-electron chi connectivity index (χ4n) is 5.22. The Morgan fingerprint density at radius 3 is 1.91 bits per heavy atom. The quantitative estimate of drug-likeness (QED) is 0.173. The Morgan fingerprint density at radius 2 is 1.30 bits per heavy atom. The largest absolute Gasteiger partial charge is 0.427 e. The molecule has 180 valence electrons. The van der Waals surface area contributed by atoms with Gasteiger partial charge in [-0.3, -0.25) is 4.79 Å². The van der Waals surface area contributed by atoms with Crippen molar-refractivity contribution in [3.63, 3.8) is 0 Å². The summed E-state index contributed by atoms with van der Waals surface area (Å²) >= 11 is 0. The second kappa shape index (κ2) is 14.2. The van der Waals surface area contributed by atoms with E-state index in [0.29, 0.717) is 12.2 Å². The molecule has 2 aromatic carbocycles. The highest BCUT2D eigenvalue weighted by atomic mass is 16.5. The molecule has 1 saturated carbocycles. The SMILES string of the molecule is CCCCCCCCCC1CCC(c2ccc(-c3ccc(OC(=O)CCC)cc3)cc2)CC1. The van der Waals surface area contributed by atoms with E-state index in [4.69, 9.17) is 4.74 Å². The van der Waals surface area contributed by atoms with Crippen LogP contribution in [-0.4, -0.2) is 5.97 Å². The lowest BCUT2D eigenvalue weighted by molar-refractivity contribution is -0.134. The maximum absolute atomic E-state index is 11.7. The zero-order chi connectivity index (χ0) is 23.3. The van der Waals surface area contributed by atoms with Crippen LogP contribution >= 0.6 is 0 Å². The minimum absolute atomic E-state index is 0.160. The molecular formula is C31H44O2. The average molecular weight is 449 g/mol. The van der Waals surface area contributed by atoms with E-state index < -0.39 is 0 Å². The van der Waals surface area contributed by atoms with Crippen LogP contribution in [0.25, 0.3) is 11.1 Å². The second-order valence-electron chi connectivity index (χ2n) is 10.00. The zero-order valence-electron chi connectivity index (χ0n) is 21.0. The molecule has 2 heteroatoms. The fraction of sp³-hybridized carbons (Fsp3) is 0.581. The van der Waals surface area contributed by atoms with Gasteiger partial charge in [-0.1, -0.05) is 102 Å². The Kier molecular flexibility index (Phi) is 11.0. The molecule has 0 atom stereocenters. The van der Waals surface area contributed by atoms with E-state index in [1.807, 2.05) is 31.2 Å². The van der Waals surface area contributed by atoms with Gasteiger partial charge < -0.3 is 4.74 Å². The summed E-state index contributed by atoms with van der Waals surface area (Å²) < 4.78 is 5.36. The van der Waals surface area contributed by atoms with Gasteiger partial charge >= 0.3 is 5.97 Å². The molecule has 1 aliphatic carbocycles. The Balaban J connectivity index is 1.40. The minimum atomic E-state index is -0.160. The van der Waals surface area contributed by atoms with Gasteiger partial charge in [-0.2, -0.15) is 0 Å². The maximum atomic E-state index is 11.7. The number of carbonyl (C=O) groups is 1. The van der Waals surface area contributed by atoms with Crippen molar-refractivity contribution in [2.24, 2.45) is 5.92 Å². The Hall–Kier alpha value is -2.09. The lowest BCUT2D eigenvalue weighted by atomic mass is 9.77. The monoisotopic (exact) mass is 448 g/mol. The van der Waals surface area contributed by atoms with Crippen LogP contribution in [0.1, 0.15) is 115 Å². The number of ether oxygens (including phenoxy) is 1. The standard InChI is InChI=1S/C31H44O2/c1-3-5-6-7-8-9-10-12-25-13-15-26(16-14-25)27-17-19-28(20-18-27)29-21-23-30(24-22-29)33-31(32)11-4-2/h17-26H,3-16H2,1-2H3. The highest BCUT2D eigenvalue weighted by Crippen LogP contribution is 2.38. The van der Waals surface area contributed by atoms with Crippen LogP contribution in [0.5, 0.6) is 5.75 Å². The van der Waals surface area contributed by atoms with E-state index in [1.54, 1.807) is 0 Å². The molecular weight excluding hydrogens is 404 g/mol. The molecule has 2 nitrogen and oxygen atoms in total. The van der Waals surface area contributed by atoms with E-state index in [2.05, 4.69) is 31.2 Å². The summed E-state index contributed by atoms with van der Waals surface area (Å²) in [6.45, 7) is 4.27. The van der Waals surface area contributed by atoms with Gasteiger partial charge in [0, 0.05) is 6.42 Å². The molecule has 0 N–H and O–H groups in total. The third-order valence-corrected chi connectivity index (χ3v) is 7.32. The summed E-state index contributed by atoms with van der Waals surface area (Å²) in [6.07, 6.45) is 18.2. The van der Waals surface area contributed by atoms with E-state index in [-0.39, 0.29) is 5.97 Å². The first-order valence-corrected chi connectivity index (χ1v) is 13.6. The van der Waals surface area contributed by atoms with Gasteiger partial charge in [0.05, 0.1) is 0 Å². The first-order chi connectivity index (χ1) is 16.2. The maximum Gasteiger partial charge on any atom is 0.311 e. The lowest BCUT2D eigenvalue weighted by Gasteiger charge is -2.29. The van der Waals surface area contributed by atoms with Crippen molar-refractivity contribution in [3.8, 4) is 16.9 Å². The van der Waals surface area contributed by atoms with Crippen LogP contribution in [0.4, 0.5) is 0 Å². The molecule has 2 aromatic rings. The second-order valence-corrected chi connectivity index (χ2v) is 10.00. The molecule has 0 aliphatic heterocycles. The lowest BCUT2D eigenvalue weighted by Crippen LogP contribution is -2.13. The van der Waals surface area contributed by atoms with Gasteiger partial charge in [0.1, 0.15) is 5.75 Å². The fourth-order valence-corrected chi connectivity index (χ4v) is 5.22. The molecule has 0 saturated heterocycles. The predicted molar refractivity (Wildman–Crippen MR) is 140 cm³/mol. The van der Waals surface area contributed by atoms with Crippen LogP contribution in [0.2, 0.25) is 0 Å². The topological polar surface area (TPSA) is 26.3 Å². The first-order valence-electron chi connectivity index (χ1n) is 13.6. The Labute approximate surface area is 202 Å². The summed E-state index contributed by atoms with van der Waals surface area (Å²) in [5.74, 6) is 2.15. The van der Waals surface area contributed by atoms with E-state index in [9.17, 15) is 4.79 Å². The number of unbranched alkanes of at least 4 members (excludes halogenated alkanes) is 6.